The monoisotopic (exact) mass is 475 g/mol. The lowest BCUT2D eigenvalue weighted by Gasteiger charge is -2.14. The molecule has 2 aromatic carbocycles. The topological polar surface area (TPSA) is 101 Å². The van der Waals surface area contributed by atoms with Gasteiger partial charge in [0.2, 0.25) is 15.9 Å². The number of furan rings is 1. The molecule has 0 bridgehead atoms. The number of nitrogens with one attached hydrogen (secondary N) is 2. The van der Waals surface area contributed by atoms with E-state index in [1.54, 1.807) is 12.1 Å². The van der Waals surface area contributed by atoms with Crippen molar-refractivity contribution in [3.05, 3.63) is 71.4 Å². The zero-order chi connectivity index (χ0) is 22.0. The Hall–Kier alpha value is -2.72. The third-order valence-corrected chi connectivity index (χ3v) is 7.31. The maximum Gasteiger partial charge on any atom is 0.241 e. The second-order valence-electron chi connectivity index (χ2n) is 6.77. The van der Waals surface area contributed by atoms with Crippen LogP contribution in [0.15, 0.2) is 70.0 Å². The minimum atomic E-state index is -3.85. The summed E-state index contributed by atoms with van der Waals surface area (Å²) < 4.78 is 34.0. The highest BCUT2D eigenvalue weighted by atomic mass is 35.5. The van der Waals surface area contributed by atoms with Crippen LogP contribution >= 0.6 is 22.9 Å². The Morgan fingerprint density at radius 1 is 1.13 bits per heavy atom. The minimum Gasteiger partial charge on any atom is -0.457 e. The van der Waals surface area contributed by atoms with E-state index in [1.165, 1.54) is 42.5 Å². The molecule has 1 amide bonds. The quantitative estimate of drug-likeness (QED) is 0.417. The predicted octanol–water partition coefficient (Wildman–Crippen LogP) is 4.19. The number of aromatic nitrogens is 1. The Balaban J connectivity index is 1.37. The van der Waals surface area contributed by atoms with E-state index < -0.39 is 22.0 Å². The summed E-state index contributed by atoms with van der Waals surface area (Å²) in [6, 6.07) is 16.1. The molecule has 2 heterocycles. The van der Waals surface area contributed by atoms with E-state index >= 15 is 0 Å². The number of thiazole rings is 1. The normalized spacial score (nSPS) is 12.7. The number of amides is 1. The fourth-order valence-electron chi connectivity index (χ4n) is 2.86. The first-order valence-electron chi connectivity index (χ1n) is 9.32. The molecule has 31 heavy (non-hydrogen) atoms. The first-order valence-corrected chi connectivity index (χ1v) is 12.0. The summed E-state index contributed by atoms with van der Waals surface area (Å²) in [6.07, 6.45) is 0. The van der Waals surface area contributed by atoms with Crippen LogP contribution in [-0.2, 0) is 21.4 Å². The van der Waals surface area contributed by atoms with Crippen molar-refractivity contribution < 1.29 is 17.6 Å². The van der Waals surface area contributed by atoms with Gasteiger partial charge >= 0.3 is 0 Å². The van der Waals surface area contributed by atoms with Crippen LogP contribution < -0.4 is 10.0 Å². The summed E-state index contributed by atoms with van der Waals surface area (Å²) in [5.41, 5.74) is 0.899. The second-order valence-corrected chi connectivity index (χ2v) is 9.95. The lowest BCUT2D eigenvalue weighted by atomic mass is 10.3. The van der Waals surface area contributed by atoms with Gasteiger partial charge in [-0.15, -0.1) is 11.3 Å². The third-order valence-electron chi connectivity index (χ3n) is 4.45. The lowest BCUT2D eigenvalue weighted by Crippen LogP contribution is -2.44. The molecule has 0 unspecified atom stereocenters. The van der Waals surface area contributed by atoms with Gasteiger partial charge in [-0.1, -0.05) is 23.7 Å². The Morgan fingerprint density at radius 3 is 2.61 bits per heavy atom. The van der Waals surface area contributed by atoms with Crippen LogP contribution in [0.3, 0.4) is 0 Å². The molecule has 1 atom stereocenters. The Kier molecular flexibility index (Phi) is 6.10. The average Bonchev–Trinajstić information content (AvgIpc) is 3.38. The number of para-hydroxylation sites is 1. The van der Waals surface area contributed by atoms with Gasteiger partial charge in [-0.3, -0.25) is 4.79 Å². The first-order chi connectivity index (χ1) is 14.8. The molecule has 0 fully saturated rings. The van der Waals surface area contributed by atoms with E-state index in [2.05, 4.69) is 15.0 Å². The van der Waals surface area contributed by atoms with Gasteiger partial charge < -0.3 is 9.73 Å². The zero-order valence-corrected chi connectivity index (χ0v) is 18.7. The number of halogens is 1. The molecule has 0 aliphatic carbocycles. The van der Waals surface area contributed by atoms with Crippen molar-refractivity contribution >= 4 is 49.1 Å². The fraction of sp³-hybridized carbons (Fsp3) is 0.143. The molecule has 10 heteroatoms. The number of hydrogen-bond acceptors (Lipinski definition) is 6. The molecule has 160 valence electrons. The average molecular weight is 476 g/mol. The van der Waals surface area contributed by atoms with Crippen molar-refractivity contribution in [2.24, 2.45) is 0 Å². The van der Waals surface area contributed by atoms with Gasteiger partial charge in [0, 0.05) is 5.02 Å². The Bertz CT molecular complexity index is 1300. The number of nitrogens with zero attached hydrogens (tertiary/aromatic N) is 1. The van der Waals surface area contributed by atoms with Gasteiger partial charge in [-0.2, -0.15) is 4.72 Å². The molecule has 2 N–H and O–H groups in total. The summed E-state index contributed by atoms with van der Waals surface area (Å²) in [5.74, 6) is 0.674. The summed E-state index contributed by atoms with van der Waals surface area (Å²) in [4.78, 5) is 16.9. The molecule has 4 aromatic rings. The van der Waals surface area contributed by atoms with E-state index in [9.17, 15) is 13.2 Å². The van der Waals surface area contributed by atoms with Gasteiger partial charge in [0.1, 0.15) is 5.76 Å². The van der Waals surface area contributed by atoms with Gasteiger partial charge in [0.15, 0.2) is 10.8 Å². The van der Waals surface area contributed by atoms with Crippen LogP contribution in [0.1, 0.15) is 12.7 Å². The highest BCUT2D eigenvalue weighted by molar-refractivity contribution is 7.89. The Morgan fingerprint density at radius 2 is 1.87 bits per heavy atom. The van der Waals surface area contributed by atoms with Crippen molar-refractivity contribution in [2.75, 3.05) is 0 Å². The number of carbonyl (C=O) groups is 1. The number of hydrogen-bond donors (Lipinski definition) is 2. The molecular formula is C21H18ClN3O4S2. The van der Waals surface area contributed by atoms with Gasteiger partial charge in [0.05, 0.1) is 27.7 Å². The number of carbonyl (C=O) groups excluding carboxylic acids is 1. The van der Waals surface area contributed by atoms with Crippen molar-refractivity contribution in [1.29, 1.82) is 0 Å². The number of sulfonamides is 1. The molecule has 0 aliphatic rings. The van der Waals surface area contributed by atoms with Crippen molar-refractivity contribution in [3.63, 3.8) is 0 Å². The van der Waals surface area contributed by atoms with Crippen LogP contribution in [0.4, 0.5) is 0 Å². The maximum atomic E-state index is 12.4. The van der Waals surface area contributed by atoms with Gasteiger partial charge in [0.25, 0.3) is 0 Å². The van der Waals surface area contributed by atoms with Crippen LogP contribution in [0.2, 0.25) is 5.02 Å². The van der Waals surface area contributed by atoms with Gasteiger partial charge in [-0.05, 0) is 55.5 Å². The second kappa shape index (κ2) is 8.80. The highest BCUT2D eigenvalue weighted by Gasteiger charge is 2.22. The minimum absolute atomic E-state index is 0.0306. The maximum absolute atomic E-state index is 12.4. The number of benzene rings is 2. The van der Waals surface area contributed by atoms with E-state index in [0.717, 1.165) is 15.2 Å². The predicted molar refractivity (Wildman–Crippen MR) is 120 cm³/mol. The molecule has 0 aliphatic heterocycles. The molecule has 0 radical (unpaired) electrons. The summed E-state index contributed by atoms with van der Waals surface area (Å²) in [7, 11) is -3.85. The number of fused-ring (bicyclic) bond motifs is 1. The van der Waals surface area contributed by atoms with Crippen LogP contribution in [-0.4, -0.2) is 25.4 Å². The molecule has 0 spiro atoms. The first kappa shape index (κ1) is 21.5. The van der Waals surface area contributed by atoms with Crippen molar-refractivity contribution in [3.8, 4) is 10.8 Å². The van der Waals surface area contributed by atoms with Crippen LogP contribution in [0, 0.1) is 0 Å². The molecule has 2 aromatic heterocycles. The van der Waals surface area contributed by atoms with E-state index in [0.29, 0.717) is 16.5 Å². The van der Waals surface area contributed by atoms with E-state index in [-0.39, 0.29) is 11.4 Å². The van der Waals surface area contributed by atoms with Crippen LogP contribution in [0.5, 0.6) is 0 Å². The van der Waals surface area contributed by atoms with Crippen molar-refractivity contribution in [1.82, 2.24) is 15.0 Å². The smallest absolute Gasteiger partial charge is 0.241 e. The standard InChI is InChI=1S/C21H18ClN3O4S2/c1-13(25-31(27,28)16-9-6-14(22)7-10-16)20(26)23-12-15-8-11-18(29-15)21-24-17-4-2-3-5-19(17)30-21/h2-11,13,25H,12H2,1H3,(H,23,26)/t13-/m0/s1. The zero-order valence-electron chi connectivity index (χ0n) is 16.3. The van der Waals surface area contributed by atoms with E-state index in [4.69, 9.17) is 16.0 Å². The molecule has 0 saturated heterocycles. The van der Waals surface area contributed by atoms with Crippen molar-refractivity contribution in [2.45, 2.75) is 24.4 Å². The summed E-state index contributed by atoms with van der Waals surface area (Å²) in [5, 5.41) is 3.85. The largest absolute Gasteiger partial charge is 0.457 e. The lowest BCUT2D eigenvalue weighted by molar-refractivity contribution is -0.122. The van der Waals surface area contributed by atoms with E-state index in [1.807, 2.05) is 24.3 Å². The SMILES string of the molecule is C[C@H](NS(=O)(=O)c1ccc(Cl)cc1)C(=O)NCc1ccc(-c2nc3ccccc3s2)o1. The molecule has 4 rings (SSSR count). The van der Waals surface area contributed by atoms with Gasteiger partial charge in [-0.25, -0.2) is 13.4 Å². The summed E-state index contributed by atoms with van der Waals surface area (Å²) >= 11 is 7.31. The number of rotatable bonds is 7. The molecule has 0 saturated carbocycles. The van der Waals surface area contributed by atoms with Crippen LogP contribution in [0.25, 0.3) is 21.0 Å². The molecular weight excluding hydrogens is 458 g/mol. The molecule has 7 nitrogen and oxygen atoms in total. The highest BCUT2D eigenvalue weighted by Crippen LogP contribution is 2.31. The Labute approximate surface area is 188 Å². The third kappa shape index (κ3) is 4.96. The fourth-order valence-corrected chi connectivity index (χ4v) is 5.12. The summed E-state index contributed by atoms with van der Waals surface area (Å²) in [6.45, 7) is 1.59.